The average Bonchev–Trinajstić information content (AvgIpc) is 2.68. The molecule has 2 rings (SSSR count). The van der Waals surface area contributed by atoms with Crippen LogP contribution in [0.4, 0.5) is 13.2 Å². The zero-order valence-corrected chi connectivity index (χ0v) is 10.9. The summed E-state index contributed by atoms with van der Waals surface area (Å²) in [5.41, 5.74) is -2.13. The average molecular weight is 303 g/mol. The van der Waals surface area contributed by atoms with Gasteiger partial charge in [-0.3, -0.25) is 0 Å². The molecule has 0 saturated carbocycles. The SMILES string of the molecule is CC1(n2nc(C(F)(F)F)cc2Cl)CCS(=O)(=O)C1. The van der Waals surface area contributed by atoms with E-state index in [1.165, 1.54) is 6.92 Å². The molecule has 0 aromatic carbocycles. The molecule has 0 spiro atoms. The summed E-state index contributed by atoms with van der Waals surface area (Å²) >= 11 is 5.72. The summed E-state index contributed by atoms with van der Waals surface area (Å²) in [5, 5.41) is 3.19. The minimum absolute atomic E-state index is 0.0684. The molecule has 0 N–H and O–H groups in total. The zero-order valence-electron chi connectivity index (χ0n) is 9.33. The van der Waals surface area contributed by atoms with Crippen LogP contribution < -0.4 is 0 Å². The van der Waals surface area contributed by atoms with Gasteiger partial charge in [0.2, 0.25) is 0 Å². The summed E-state index contributed by atoms with van der Waals surface area (Å²) in [6, 6.07) is 0.706. The second-order valence-corrected chi connectivity index (χ2v) is 7.17. The molecule has 1 aromatic heterocycles. The minimum Gasteiger partial charge on any atom is -0.247 e. The van der Waals surface area contributed by atoms with Gasteiger partial charge in [0.15, 0.2) is 15.5 Å². The number of nitrogens with zero attached hydrogens (tertiary/aromatic N) is 2. The third-order valence-corrected chi connectivity index (χ3v) is 5.11. The smallest absolute Gasteiger partial charge is 0.247 e. The first kappa shape index (κ1) is 13.7. The van der Waals surface area contributed by atoms with Crippen LogP contribution in [0.1, 0.15) is 19.0 Å². The molecule has 0 aliphatic carbocycles. The van der Waals surface area contributed by atoms with Gasteiger partial charge in [-0.05, 0) is 13.3 Å². The van der Waals surface area contributed by atoms with Gasteiger partial charge in [0, 0.05) is 6.07 Å². The van der Waals surface area contributed by atoms with E-state index in [9.17, 15) is 21.6 Å². The summed E-state index contributed by atoms with van der Waals surface area (Å²) in [7, 11) is -3.25. The van der Waals surface area contributed by atoms with E-state index in [0.29, 0.717) is 6.07 Å². The first-order chi connectivity index (χ1) is 8.04. The Morgan fingerprint density at radius 2 is 2.11 bits per heavy atom. The maximum absolute atomic E-state index is 12.5. The van der Waals surface area contributed by atoms with Crippen molar-refractivity contribution < 1.29 is 21.6 Å². The van der Waals surface area contributed by atoms with E-state index in [0.717, 1.165) is 4.68 Å². The minimum atomic E-state index is -4.59. The first-order valence-corrected chi connectivity index (χ1v) is 7.27. The Bertz CT molecular complexity index is 581. The van der Waals surface area contributed by atoms with Crippen LogP contribution >= 0.6 is 11.6 Å². The lowest BCUT2D eigenvalue weighted by molar-refractivity contribution is -0.141. The fourth-order valence-corrected chi connectivity index (χ4v) is 4.49. The molecule has 1 unspecified atom stereocenters. The second kappa shape index (κ2) is 3.86. The fourth-order valence-electron chi connectivity index (χ4n) is 2.04. The van der Waals surface area contributed by atoms with Crippen LogP contribution in [0, 0.1) is 0 Å². The molecular weight excluding hydrogens is 293 g/mol. The topological polar surface area (TPSA) is 52.0 Å². The molecule has 4 nitrogen and oxygen atoms in total. The van der Waals surface area contributed by atoms with Crippen molar-refractivity contribution in [1.82, 2.24) is 9.78 Å². The molecule has 0 amide bonds. The normalized spacial score (nSPS) is 27.6. The van der Waals surface area contributed by atoms with Gasteiger partial charge in [-0.25, -0.2) is 13.1 Å². The quantitative estimate of drug-likeness (QED) is 0.798. The van der Waals surface area contributed by atoms with Gasteiger partial charge in [-0.1, -0.05) is 11.6 Å². The van der Waals surface area contributed by atoms with E-state index >= 15 is 0 Å². The van der Waals surface area contributed by atoms with E-state index in [2.05, 4.69) is 5.10 Å². The molecule has 0 bridgehead atoms. The van der Waals surface area contributed by atoms with Gasteiger partial charge in [0.25, 0.3) is 0 Å². The molecule has 1 aromatic rings. The molecule has 1 aliphatic heterocycles. The molecule has 1 aliphatic rings. The van der Waals surface area contributed by atoms with Gasteiger partial charge >= 0.3 is 6.18 Å². The van der Waals surface area contributed by atoms with Crippen molar-refractivity contribution >= 4 is 21.4 Å². The number of hydrogen-bond acceptors (Lipinski definition) is 3. The maximum Gasteiger partial charge on any atom is 0.435 e. The van der Waals surface area contributed by atoms with Gasteiger partial charge < -0.3 is 0 Å². The van der Waals surface area contributed by atoms with Crippen LogP contribution in [0.5, 0.6) is 0 Å². The van der Waals surface area contributed by atoms with E-state index < -0.39 is 27.2 Å². The highest BCUT2D eigenvalue weighted by molar-refractivity contribution is 7.91. The van der Waals surface area contributed by atoms with E-state index in [1.807, 2.05) is 0 Å². The highest BCUT2D eigenvalue weighted by Crippen LogP contribution is 2.36. The van der Waals surface area contributed by atoms with Gasteiger partial charge in [0.1, 0.15) is 5.15 Å². The zero-order chi connectivity index (χ0) is 13.8. The van der Waals surface area contributed by atoms with Crippen molar-refractivity contribution in [2.45, 2.75) is 25.1 Å². The van der Waals surface area contributed by atoms with Crippen LogP contribution in [0.2, 0.25) is 5.15 Å². The number of hydrogen-bond donors (Lipinski definition) is 0. The molecular formula is C9H10ClF3N2O2S. The van der Waals surface area contributed by atoms with E-state index in [-0.39, 0.29) is 23.1 Å². The Balaban J connectivity index is 2.44. The van der Waals surface area contributed by atoms with Gasteiger partial charge in [0.05, 0.1) is 17.0 Å². The van der Waals surface area contributed by atoms with Crippen molar-refractivity contribution in [1.29, 1.82) is 0 Å². The molecule has 1 fully saturated rings. The molecule has 2 heterocycles. The monoisotopic (exact) mass is 302 g/mol. The summed E-state index contributed by atoms with van der Waals surface area (Å²) < 4.78 is 61.3. The van der Waals surface area contributed by atoms with E-state index in [4.69, 9.17) is 11.6 Å². The molecule has 1 saturated heterocycles. The first-order valence-electron chi connectivity index (χ1n) is 5.07. The Hall–Kier alpha value is -0.760. The van der Waals surface area contributed by atoms with Crippen LogP contribution in [0.15, 0.2) is 6.07 Å². The second-order valence-electron chi connectivity index (χ2n) is 4.60. The van der Waals surface area contributed by atoms with Crippen molar-refractivity contribution in [2.75, 3.05) is 11.5 Å². The predicted octanol–water partition coefficient (Wildman–Crippen LogP) is 2.09. The Labute approximate surface area is 107 Å². The number of halogens is 4. The van der Waals surface area contributed by atoms with Gasteiger partial charge in [-0.15, -0.1) is 0 Å². The number of aromatic nitrogens is 2. The molecule has 0 radical (unpaired) electrons. The number of sulfone groups is 1. The summed E-state index contributed by atoms with van der Waals surface area (Å²) in [6.45, 7) is 1.54. The van der Waals surface area contributed by atoms with Crippen molar-refractivity contribution in [2.24, 2.45) is 0 Å². The Morgan fingerprint density at radius 3 is 2.50 bits per heavy atom. The highest BCUT2D eigenvalue weighted by Gasteiger charge is 2.44. The molecule has 1 atom stereocenters. The Morgan fingerprint density at radius 1 is 1.50 bits per heavy atom. The molecule has 18 heavy (non-hydrogen) atoms. The third-order valence-electron chi connectivity index (χ3n) is 2.95. The fraction of sp³-hybridized carbons (Fsp3) is 0.667. The van der Waals surface area contributed by atoms with Crippen LogP contribution in [-0.4, -0.2) is 29.7 Å². The predicted molar refractivity (Wildman–Crippen MR) is 59.2 cm³/mol. The lowest BCUT2D eigenvalue weighted by Crippen LogP contribution is -2.32. The maximum atomic E-state index is 12.5. The van der Waals surface area contributed by atoms with Gasteiger partial charge in [-0.2, -0.15) is 18.3 Å². The van der Waals surface area contributed by atoms with Crippen molar-refractivity contribution in [3.63, 3.8) is 0 Å². The Kier molecular flexibility index (Phi) is 2.93. The lowest BCUT2D eigenvalue weighted by atomic mass is 10.0. The number of alkyl halides is 3. The lowest BCUT2D eigenvalue weighted by Gasteiger charge is -2.23. The summed E-state index contributed by atoms with van der Waals surface area (Å²) in [5.74, 6) is -0.320. The summed E-state index contributed by atoms with van der Waals surface area (Å²) in [6.07, 6.45) is -4.39. The standard InChI is InChI=1S/C9H10ClF3N2O2S/c1-8(2-3-18(16,17)5-8)15-7(10)4-6(14-15)9(11,12)13/h4H,2-3,5H2,1H3. The van der Waals surface area contributed by atoms with Crippen LogP contribution in [0.3, 0.4) is 0 Å². The van der Waals surface area contributed by atoms with Crippen LogP contribution in [0.25, 0.3) is 0 Å². The van der Waals surface area contributed by atoms with Crippen molar-refractivity contribution in [3.05, 3.63) is 16.9 Å². The van der Waals surface area contributed by atoms with Crippen molar-refractivity contribution in [3.8, 4) is 0 Å². The van der Waals surface area contributed by atoms with E-state index in [1.54, 1.807) is 0 Å². The third kappa shape index (κ3) is 2.35. The number of rotatable bonds is 1. The molecule has 9 heteroatoms. The van der Waals surface area contributed by atoms with Crippen LogP contribution in [-0.2, 0) is 21.6 Å². The highest BCUT2D eigenvalue weighted by atomic mass is 35.5. The summed E-state index contributed by atoms with van der Waals surface area (Å²) in [4.78, 5) is 0. The largest absolute Gasteiger partial charge is 0.435 e. The molecule has 102 valence electrons.